The molecule has 0 atom stereocenters. The monoisotopic (exact) mass is 213 g/mol. The van der Waals surface area contributed by atoms with Crippen LogP contribution in [0.2, 0.25) is 0 Å². The molecule has 0 unspecified atom stereocenters. The predicted molar refractivity (Wildman–Crippen MR) is 67.4 cm³/mol. The number of rotatable bonds is 2. The van der Waals surface area contributed by atoms with Crippen molar-refractivity contribution < 1.29 is 4.79 Å². The van der Waals surface area contributed by atoms with Crippen LogP contribution in [0.5, 0.6) is 0 Å². The summed E-state index contributed by atoms with van der Waals surface area (Å²) in [6, 6.07) is 8.14. The van der Waals surface area contributed by atoms with Crippen LogP contribution in [0.25, 0.3) is 16.5 Å². The number of hydrogen-bond acceptors (Lipinski definition) is 1. The van der Waals surface area contributed by atoms with E-state index in [9.17, 15) is 4.79 Å². The number of nitrogens with one attached hydrogen (secondary N) is 1. The van der Waals surface area contributed by atoms with Gasteiger partial charge in [0.25, 0.3) is 0 Å². The Bertz CT molecular complexity index is 575. The number of aromatic amines is 1. The van der Waals surface area contributed by atoms with Gasteiger partial charge in [0.2, 0.25) is 0 Å². The van der Waals surface area contributed by atoms with Gasteiger partial charge in [-0.15, -0.1) is 0 Å². The van der Waals surface area contributed by atoms with Crippen LogP contribution in [0.4, 0.5) is 0 Å². The highest BCUT2D eigenvalue weighted by molar-refractivity contribution is 6.00. The minimum absolute atomic E-state index is 0.0854. The Morgan fingerprint density at radius 2 is 1.94 bits per heavy atom. The number of para-hydroxylation sites is 1. The lowest BCUT2D eigenvalue weighted by atomic mass is 10.0. The zero-order valence-electron chi connectivity index (χ0n) is 9.79. The standard InChI is InChI=1S/C14H15NO/c1-9(8-10(2)16)14-11(3)15-13-7-5-4-6-12(13)14/h4-8,15H,1-3H3/b9-8+. The first-order valence-electron chi connectivity index (χ1n) is 5.36. The van der Waals surface area contributed by atoms with Crippen molar-refractivity contribution in [1.29, 1.82) is 0 Å². The summed E-state index contributed by atoms with van der Waals surface area (Å²) in [5.41, 5.74) is 4.38. The largest absolute Gasteiger partial charge is 0.358 e. The molecule has 0 aliphatic rings. The van der Waals surface area contributed by atoms with Gasteiger partial charge in [-0.1, -0.05) is 18.2 Å². The Kier molecular flexibility index (Phi) is 2.65. The van der Waals surface area contributed by atoms with E-state index in [4.69, 9.17) is 0 Å². The van der Waals surface area contributed by atoms with Crippen LogP contribution < -0.4 is 0 Å². The van der Waals surface area contributed by atoms with Gasteiger partial charge in [0.15, 0.2) is 5.78 Å². The van der Waals surface area contributed by atoms with E-state index in [-0.39, 0.29) is 5.78 Å². The molecule has 1 aromatic carbocycles. The van der Waals surface area contributed by atoms with Crippen LogP contribution in [-0.4, -0.2) is 10.8 Å². The van der Waals surface area contributed by atoms with Crippen molar-refractivity contribution in [2.45, 2.75) is 20.8 Å². The summed E-state index contributed by atoms with van der Waals surface area (Å²) in [4.78, 5) is 14.4. The third kappa shape index (κ3) is 1.78. The molecule has 2 aromatic rings. The fourth-order valence-corrected chi connectivity index (χ4v) is 2.16. The highest BCUT2D eigenvalue weighted by atomic mass is 16.1. The normalized spacial score (nSPS) is 12.1. The van der Waals surface area contributed by atoms with Crippen molar-refractivity contribution >= 4 is 22.3 Å². The maximum Gasteiger partial charge on any atom is 0.152 e. The van der Waals surface area contributed by atoms with E-state index in [0.29, 0.717) is 0 Å². The average molecular weight is 213 g/mol. The van der Waals surface area contributed by atoms with Gasteiger partial charge < -0.3 is 4.98 Å². The maximum absolute atomic E-state index is 11.1. The van der Waals surface area contributed by atoms with Crippen molar-refractivity contribution in [3.63, 3.8) is 0 Å². The molecule has 0 radical (unpaired) electrons. The minimum atomic E-state index is 0.0854. The zero-order chi connectivity index (χ0) is 11.7. The lowest BCUT2D eigenvalue weighted by Gasteiger charge is -2.00. The van der Waals surface area contributed by atoms with Crippen LogP contribution in [0.3, 0.4) is 0 Å². The Labute approximate surface area is 95.0 Å². The van der Waals surface area contributed by atoms with E-state index < -0.39 is 0 Å². The number of fused-ring (bicyclic) bond motifs is 1. The molecule has 2 rings (SSSR count). The first-order valence-corrected chi connectivity index (χ1v) is 5.36. The fourth-order valence-electron chi connectivity index (χ4n) is 2.16. The summed E-state index contributed by atoms with van der Waals surface area (Å²) in [6.45, 7) is 5.59. The topological polar surface area (TPSA) is 32.9 Å². The van der Waals surface area contributed by atoms with E-state index in [2.05, 4.69) is 11.1 Å². The van der Waals surface area contributed by atoms with Crippen molar-refractivity contribution in [1.82, 2.24) is 4.98 Å². The number of carbonyl (C=O) groups is 1. The second kappa shape index (κ2) is 3.97. The SMILES string of the molecule is CC(=O)/C=C(\C)c1c(C)[nH]c2ccccc12. The van der Waals surface area contributed by atoms with Gasteiger partial charge in [-0.05, 0) is 38.5 Å². The molecule has 0 bridgehead atoms. The van der Waals surface area contributed by atoms with Gasteiger partial charge in [-0.3, -0.25) is 4.79 Å². The number of hydrogen-bond donors (Lipinski definition) is 1. The van der Waals surface area contributed by atoms with Gasteiger partial charge in [-0.25, -0.2) is 0 Å². The number of aryl methyl sites for hydroxylation is 1. The van der Waals surface area contributed by atoms with Gasteiger partial charge in [0, 0.05) is 22.2 Å². The molecule has 1 heterocycles. The van der Waals surface area contributed by atoms with E-state index >= 15 is 0 Å². The number of allylic oxidation sites excluding steroid dienone is 2. The van der Waals surface area contributed by atoms with Crippen LogP contribution >= 0.6 is 0 Å². The summed E-state index contributed by atoms with van der Waals surface area (Å²) in [6.07, 6.45) is 1.68. The summed E-state index contributed by atoms with van der Waals surface area (Å²) in [5, 5.41) is 1.18. The first kappa shape index (κ1) is 10.7. The number of carbonyl (C=O) groups excluding carboxylic acids is 1. The van der Waals surface area contributed by atoms with Crippen molar-refractivity contribution in [2.24, 2.45) is 0 Å². The summed E-state index contributed by atoms with van der Waals surface area (Å²) >= 11 is 0. The summed E-state index contributed by atoms with van der Waals surface area (Å²) < 4.78 is 0. The highest BCUT2D eigenvalue weighted by Gasteiger charge is 2.09. The summed E-state index contributed by atoms with van der Waals surface area (Å²) in [5.74, 6) is 0.0854. The molecule has 16 heavy (non-hydrogen) atoms. The predicted octanol–water partition coefficient (Wildman–Crippen LogP) is 3.47. The van der Waals surface area contributed by atoms with E-state index in [1.54, 1.807) is 13.0 Å². The van der Waals surface area contributed by atoms with E-state index in [1.165, 1.54) is 5.39 Å². The molecule has 0 spiro atoms. The molecule has 82 valence electrons. The smallest absolute Gasteiger partial charge is 0.152 e. The summed E-state index contributed by atoms with van der Waals surface area (Å²) in [7, 11) is 0. The molecule has 2 nitrogen and oxygen atoms in total. The maximum atomic E-state index is 11.1. The molecule has 1 aromatic heterocycles. The molecule has 0 aliphatic heterocycles. The Hall–Kier alpha value is -1.83. The number of benzene rings is 1. The fraction of sp³-hybridized carbons (Fsp3) is 0.214. The molecular formula is C14H15NO. The third-order valence-electron chi connectivity index (χ3n) is 2.71. The molecule has 0 saturated heterocycles. The average Bonchev–Trinajstić information content (AvgIpc) is 2.52. The molecule has 0 fully saturated rings. The van der Waals surface area contributed by atoms with Crippen molar-refractivity contribution in [2.75, 3.05) is 0 Å². The Morgan fingerprint density at radius 3 is 2.62 bits per heavy atom. The lowest BCUT2D eigenvalue weighted by Crippen LogP contribution is -1.87. The van der Waals surface area contributed by atoms with E-state index in [1.807, 2.05) is 32.0 Å². The molecule has 0 aliphatic carbocycles. The molecule has 0 amide bonds. The van der Waals surface area contributed by atoms with Crippen LogP contribution in [0.1, 0.15) is 25.1 Å². The Balaban J connectivity index is 2.68. The highest BCUT2D eigenvalue weighted by Crippen LogP contribution is 2.28. The van der Waals surface area contributed by atoms with Crippen LogP contribution in [-0.2, 0) is 4.79 Å². The quantitative estimate of drug-likeness (QED) is 0.761. The van der Waals surface area contributed by atoms with Gasteiger partial charge in [-0.2, -0.15) is 0 Å². The zero-order valence-corrected chi connectivity index (χ0v) is 9.79. The molecule has 2 heteroatoms. The van der Waals surface area contributed by atoms with Gasteiger partial charge in [0.05, 0.1) is 0 Å². The lowest BCUT2D eigenvalue weighted by molar-refractivity contribution is -0.112. The van der Waals surface area contributed by atoms with Crippen molar-refractivity contribution in [3.8, 4) is 0 Å². The minimum Gasteiger partial charge on any atom is -0.358 e. The van der Waals surface area contributed by atoms with Crippen LogP contribution in [0, 0.1) is 6.92 Å². The third-order valence-corrected chi connectivity index (χ3v) is 2.71. The number of aromatic nitrogens is 1. The Morgan fingerprint density at radius 1 is 1.25 bits per heavy atom. The number of ketones is 1. The molecule has 0 saturated carbocycles. The second-order valence-corrected chi connectivity index (χ2v) is 4.11. The second-order valence-electron chi connectivity index (χ2n) is 4.11. The van der Waals surface area contributed by atoms with Crippen molar-refractivity contribution in [3.05, 3.63) is 41.6 Å². The number of H-pyrrole nitrogens is 1. The van der Waals surface area contributed by atoms with E-state index in [0.717, 1.165) is 22.3 Å². The first-order chi connectivity index (χ1) is 7.59. The van der Waals surface area contributed by atoms with Crippen LogP contribution in [0.15, 0.2) is 30.3 Å². The van der Waals surface area contributed by atoms with Gasteiger partial charge >= 0.3 is 0 Å². The van der Waals surface area contributed by atoms with Gasteiger partial charge in [0.1, 0.15) is 0 Å². The molecule has 1 N–H and O–H groups in total. The molecular weight excluding hydrogens is 198 g/mol.